The number of nitrogens with zero attached hydrogens (tertiary/aromatic N) is 2. The van der Waals surface area contributed by atoms with Gasteiger partial charge in [-0.25, -0.2) is 4.79 Å². The summed E-state index contributed by atoms with van der Waals surface area (Å²) in [6.07, 6.45) is 0. The van der Waals surface area contributed by atoms with Gasteiger partial charge in [0.05, 0.1) is 6.04 Å². The Hall–Kier alpha value is -1.94. The van der Waals surface area contributed by atoms with Gasteiger partial charge < -0.3 is 9.80 Å². The summed E-state index contributed by atoms with van der Waals surface area (Å²) in [5, 5.41) is 0.166. The van der Waals surface area contributed by atoms with Crippen LogP contribution in [0, 0.1) is 0 Å². The first-order chi connectivity index (χ1) is 10.8. The minimum atomic E-state index is 0.166. The minimum absolute atomic E-state index is 0.166. The Bertz CT molecular complexity index is 661. The Morgan fingerprint density at radius 2 is 1.68 bits per heavy atom. The molecule has 2 aromatic carbocycles. The van der Waals surface area contributed by atoms with Crippen LogP contribution in [0.4, 0.5) is 4.79 Å². The zero-order chi connectivity index (χ0) is 14.9. The first kappa shape index (κ1) is 13.7. The van der Waals surface area contributed by atoms with Gasteiger partial charge in [-0.1, -0.05) is 60.7 Å². The number of amides is 2. The predicted molar refractivity (Wildman–Crippen MR) is 89.5 cm³/mol. The maximum Gasteiger partial charge on any atom is 0.321 e. The van der Waals surface area contributed by atoms with Crippen molar-refractivity contribution in [1.29, 1.82) is 0 Å². The Labute approximate surface area is 134 Å². The van der Waals surface area contributed by atoms with Gasteiger partial charge in [-0.2, -0.15) is 0 Å². The average molecular weight is 310 g/mol. The molecule has 3 nitrogen and oxygen atoms in total. The fourth-order valence-corrected chi connectivity index (χ4v) is 4.70. The van der Waals surface area contributed by atoms with Crippen LogP contribution in [0.2, 0.25) is 0 Å². The smallest absolute Gasteiger partial charge is 0.318 e. The number of benzene rings is 2. The Balaban J connectivity index is 1.54. The first-order valence-electron chi connectivity index (χ1n) is 7.60. The lowest BCUT2D eigenvalue weighted by Gasteiger charge is -2.24. The first-order valence-corrected chi connectivity index (χ1v) is 8.65. The fourth-order valence-electron chi connectivity index (χ4n) is 3.26. The highest BCUT2D eigenvalue weighted by Crippen LogP contribution is 2.44. The van der Waals surface area contributed by atoms with Crippen molar-refractivity contribution >= 4 is 17.8 Å². The lowest BCUT2D eigenvalue weighted by atomic mass is 10.2. The van der Waals surface area contributed by atoms with Gasteiger partial charge in [0.15, 0.2) is 0 Å². The SMILES string of the molecule is O=C1N(Cc2ccccc2)C[C@@H]2CS[C@@H](c3ccccc3)N12. The van der Waals surface area contributed by atoms with Crippen molar-refractivity contribution in [3.8, 4) is 0 Å². The standard InChI is InChI=1S/C18H18N2OS/c21-18-19(11-14-7-3-1-4-8-14)12-16-13-22-17(20(16)18)15-9-5-2-6-10-15/h1-10,16-17H,11-13H2/t16-,17+/m1/s1. The van der Waals surface area contributed by atoms with Crippen LogP contribution in [0.5, 0.6) is 0 Å². The van der Waals surface area contributed by atoms with Crippen molar-refractivity contribution in [3.63, 3.8) is 0 Å². The van der Waals surface area contributed by atoms with Crippen molar-refractivity contribution in [1.82, 2.24) is 9.80 Å². The van der Waals surface area contributed by atoms with Crippen molar-refractivity contribution < 1.29 is 4.79 Å². The van der Waals surface area contributed by atoms with Crippen molar-refractivity contribution in [2.45, 2.75) is 18.0 Å². The molecule has 0 unspecified atom stereocenters. The molecule has 2 aliphatic rings. The van der Waals surface area contributed by atoms with Gasteiger partial charge in [-0.05, 0) is 11.1 Å². The molecule has 0 aromatic heterocycles. The van der Waals surface area contributed by atoms with E-state index in [1.54, 1.807) is 0 Å². The molecule has 0 spiro atoms. The van der Waals surface area contributed by atoms with Crippen LogP contribution in [0.15, 0.2) is 60.7 Å². The van der Waals surface area contributed by atoms with E-state index < -0.39 is 0 Å². The highest BCUT2D eigenvalue weighted by Gasteiger charge is 2.46. The van der Waals surface area contributed by atoms with Gasteiger partial charge in [0.2, 0.25) is 0 Å². The second-order valence-corrected chi connectivity index (χ2v) is 6.92. The second kappa shape index (κ2) is 5.69. The normalized spacial score (nSPS) is 23.9. The number of hydrogen-bond acceptors (Lipinski definition) is 2. The van der Waals surface area contributed by atoms with E-state index >= 15 is 0 Å². The molecule has 0 radical (unpaired) electrons. The quantitative estimate of drug-likeness (QED) is 0.862. The molecular formula is C18H18N2OS. The van der Waals surface area contributed by atoms with E-state index in [2.05, 4.69) is 29.2 Å². The molecular weight excluding hydrogens is 292 g/mol. The second-order valence-electron chi connectivity index (χ2n) is 5.81. The maximum atomic E-state index is 12.8. The summed E-state index contributed by atoms with van der Waals surface area (Å²) in [7, 11) is 0. The number of fused-ring (bicyclic) bond motifs is 1. The molecule has 4 heteroatoms. The number of thioether (sulfide) groups is 1. The van der Waals surface area contributed by atoms with Crippen molar-refractivity contribution in [3.05, 3.63) is 71.8 Å². The molecule has 2 atom stereocenters. The Kier molecular flexibility index (Phi) is 3.54. The van der Waals surface area contributed by atoms with Crippen LogP contribution in [0.25, 0.3) is 0 Å². The summed E-state index contributed by atoms with van der Waals surface area (Å²) in [5.74, 6) is 1.02. The van der Waals surface area contributed by atoms with E-state index in [4.69, 9.17) is 0 Å². The molecule has 2 heterocycles. The largest absolute Gasteiger partial charge is 0.321 e. The van der Waals surface area contributed by atoms with Crippen LogP contribution >= 0.6 is 11.8 Å². The molecule has 4 rings (SSSR count). The van der Waals surface area contributed by atoms with Gasteiger partial charge in [0.25, 0.3) is 0 Å². The summed E-state index contributed by atoms with van der Waals surface area (Å²) in [6.45, 7) is 1.54. The topological polar surface area (TPSA) is 23.6 Å². The highest BCUT2D eigenvalue weighted by atomic mass is 32.2. The zero-order valence-corrected chi connectivity index (χ0v) is 13.1. The molecule has 2 saturated heterocycles. The maximum absolute atomic E-state index is 12.8. The summed E-state index contributed by atoms with van der Waals surface area (Å²) in [4.78, 5) is 16.9. The number of urea groups is 1. The third-order valence-corrected chi connectivity index (χ3v) is 5.71. The number of rotatable bonds is 3. The van der Waals surface area contributed by atoms with Gasteiger partial charge in [-0.3, -0.25) is 0 Å². The van der Waals surface area contributed by atoms with Crippen molar-refractivity contribution in [2.75, 3.05) is 12.3 Å². The summed E-state index contributed by atoms with van der Waals surface area (Å²) in [6, 6.07) is 21.1. The van der Waals surface area contributed by atoms with E-state index in [-0.39, 0.29) is 11.4 Å². The van der Waals surface area contributed by atoms with Gasteiger partial charge in [-0.15, -0.1) is 11.8 Å². The van der Waals surface area contributed by atoms with Crippen LogP contribution < -0.4 is 0 Å². The van der Waals surface area contributed by atoms with E-state index in [0.717, 1.165) is 12.3 Å². The number of carbonyl (C=O) groups excluding carboxylic acids is 1. The van der Waals surface area contributed by atoms with Gasteiger partial charge in [0.1, 0.15) is 5.37 Å². The molecule has 2 aliphatic heterocycles. The number of carbonyl (C=O) groups is 1. The summed E-state index contributed by atoms with van der Waals surface area (Å²) >= 11 is 1.88. The Morgan fingerprint density at radius 1 is 1.00 bits per heavy atom. The third kappa shape index (κ3) is 2.37. The molecule has 112 valence electrons. The van der Waals surface area contributed by atoms with Crippen molar-refractivity contribution in [2.24, 2.45) is 0 Å². The van der Waals surface area contributed by atoms with E-state index in [0.29, 0.717) is 12.6 Å². The van der Waals surface area contributed by atoms with Gasteiger partial charge in [0, 0.05) is 18.8 Å². The predicted octanol–water partition coefficient (Wildman–Crippen LogP) is 3.74. The summed E-state index contributed by atoms with van der Waals surface area (Å²) in [5.41, 5.74) is 2.42. The van der Waals surface area contributed by atoms with Crippen LogP contribution in [0.1, 0.15) is 16.5 Å². The van der Waals surface area contributed by atoms with Gasteiger partial charge >= 0.3 is 6.03 Å². The van der Waals surface area contributed by atoms with E-state index in [1.807, 2.05) is 53.1 Å². The molecule has 0 N–H and O–H groups in total. The molecule has 0 bridgehead atoms. The molecule has 2 amide bonds. The Morgan fingerprint density at radius 3 is 2.41 bits per heavy atom. The highest BCUT2D eigenvalue weighted by molar-refractivity contribution is 7.99. The molecule has 2 fully saturated rings. The molecule has 0 saturated carbocycles. The fraction of sp³-hybridized carbons (Fsp3) is 0.278. The lowest BCUT2D eigenvalue weighted by molar-refractivity contribution is 0.185. The van der Waals surface area contributed by atoms with Crippen LogP contribution in [0.3, 0.4) is 0 Å². The number of hydrogen-bond donors (Lipinski definition) is 0. The molecule has 2 aromatic rings. The van der Waals surface area contributed by atoms with Crippen LogP contribution in [-0.4, -0.2) is 34.2 Å². The minimum Gasteiger partial charge on any atom is -0.318 e. The summed E-state index contributed by atoms with van der Waals surface area (Å²) < 4.78 is 0. The zero-order valence-electron chi connectivity index (χ0n) is 12.3. The van der Waals surface area contributed by atoms with E-state index in [1.165, 1.54) is 11.1 Å². The average Bonchev–Trinajstić information content (AvgIpc) is 3.11. The molecule has 0 aliphatic carbocycles. The monoisotopic (exact) mass is 310 g/mol. The third-order valence-electron chi connectivity index (χ3n) is 4.32. The van der Waals surface area contributed by atoms with E-state index in [9.17, 15) is 4.79 Å². The lowest BCUT2D eigenvalue weighted by Crippen LogP contribution is -2.33. The molecule has 22 heavy (non-hydrogen) atoms. The van der Waals surface area contributed by atoms with Crippen LogP contribution in [-0.2, 0) is 6.54 Å².